The zero-order chi connectivity index (χ0) is 82.0. The fraction of sp³-hybridized carbons (Fsp3) is 0.957. The maximum absolute atomic E-state index is 13.2. The summed E-state index contributed by atoms with van der Waals surface area (Å²) in [5, 5.41) is 10.7. The van der Waals surface area contributed by atoms with Crippen LogP contribution in [0.5, 0.6) is 0 Å². The predicted molar refractivity (Wildman–Crippen MR) is 465 cm³/mol. The van der Waals surface area contributed by atoms with E-state index in [1.807, 2.05) is 0 Å². The molecule has 112 heavy (non-hydrogen) atoms. The van der Waals surface area contributed by atoms with Crippen LogP contribution in [0.4, 0.5) is 0 Å². The lowest BCUT2D eigenvalue weighted by Crippen LogP contribution is -2.30. The number of phosphoric acid groups is 2. The average Bonchev–Trinajstić information content (AvgIpc) is 0.900. The quantitative estimate of drug-likeness (QED) is 0.0222. The molecule has 0 aliphatic carbocycles. The minimum atomic E-state index is -4.97. The minimum absolute atomic E-state index is 0.109. The number of esters is 4. The van der Waals surface area contributed by atoms with Gasteiger partial charge in [-0.15, -0.1) is 0 Å². The van der Waals surface area contributed by atoms with E-state index in [4.69, 9.17) is 37.0 Å². The van der Waals surface area contributed by atoms with Crippen molar-refractivity contribution >= 4 is 39.5 Å². The molecule has 0 aliphatic heterocycles. The fourth-order valence-corrected chi connectivity index (χ4v) is 16.2. The van der Waals surface area contributed by atoms with Gasteiger partial charge in [0.15, 0.2) is 12.2 Å². The third-order valence-electron chi connectivity index (χ3n) is 22.3. The van der Waals surface area contributed by atoms with E-state index in [1.165, 1.54) is 321 Å². The predicted octanol–water partition coefficient (Wildman–Crippen LogP) is 29.0. The fourth-order valence-electron chi connectivity index (χ4n) is 14.6. The van der Waals surface area contributed by atoms with Gasteiger partial charge in [0.2, 0.25) is 0 Å². The number of unbranched alkanes of at least 4 members (excludes halogenated alkanes) is 61. The van der Waals surface area contributed by atoms with E-state index in [9.17, 15) is 43.2 Å². The van der Waals surface area contributed by atoms with Gasteiger partial charge in [-0.25, -0.2) is 9.13 Å². The molecule has 0 aromatic rings. The first kappa shape index (κ1) is 110. The summed E-state index contributed by atoms with van der Waals surface area (Å²) in [6.45, 7) is 9.76. The van der Waals surface area contributed by atoms with Crippen molar-refractivity contribution in [2.45, 2.75) is 522 Å². The topological polar surface area (TPSA) is 237 Å². The van der Waals surface area contributed by atoms with Crippen molar-refractivity contribution in [1.29, 1.82) is 0 Å². The van der Waals surface area contributed by atoms with E-state index in [2.05, 4.69) is 41.5 Å². The zero-order valence-electron chi connectivity index (χ0n) is 74.0. The number of ether oxygens (including phenoxy) is 4. The average molecular weight is 1630 g/mol. The van der Waals surface area contributed by atoms with Gasteiger partial charge < -0.3 is 33.8 Å². The molecule has 0 rings (SSSR count). The van der Waals surface area contributed by atoms with Crippen molar-refractivity contribution < 1.29 is 80.2 Å². The Balaban J connectivity index is 5.24. The van der Waals surface area contributed by atoms with E-state index < -0.39 is 97.5 Å². The molecule has 0 spiro atoms. The van der Waals surface area contributed by atoms with E-state index in [0.29, 0.717) is 25.7 Å². The maximum atomic E-state index is 13.2. The summed E-state index contributed by atoms with van der Waals surface area (Å²) in [5.41, 5.74) is 0. The Hall–Kier alpha value is -1.94. The van der Waals surface area contributed by atoms with Crippen LogP contribution in [0.3, 0.4) is 0 Å². The number of aliphatic hydroxyl groups is 1. The number of hydrogen-bond acceptors (Lipinski definition) is 15. The summed E-state index contributed by atoms with van der Waals surface area (Å²) in [7, 11) is -9.94. The molecule has 0 heterocycles. The van der Waals surface area contributed by atoms with Gasteiger partial charge in [0, 0.05) is 25.7 Å². The SMILES string of the molecule is CCCCCCCCCCCCCCCCCCCCCCCC(=O)OC[C@H](COP(=O)(O)OC[C@@H](O)COP(=O)(O)OC[C@@H](COC(=O)CCCCCCCCCCCC(C)C)OC(=O)CCCCCCCCCCCCCCCCCCC)OC(=O)CCCCCCCCCCCCCCCCCCCCC(C)CC. The van der Waals surface area contributed by atoms with Crippen LogP contribution in [0.25, 0.3) is 0 Å². The standard InChI is InChI=1S/C93H182O17P2/c1-7-10-12-14-16-18-20-22-24-26-27-28-29-34-37-41-45-51-57-63-69-75-90(95)103-81-88(109-92(97)78-72-66-60-53-47-43-39-35-31-30-33-36-40-44-50-56-62-68-74-86(6)9-3)83-107-111(99,100)105-79-87(94)80-106-112(101,102)108-84-89(82-104-91(96)76-70-64-58-54-48-49-55-61-67-73-85(4)5)110-93(98)77-71-65-59-52-46-42-38-32-25-23-21-19-17-15-13-11-8-2/h85-89,94H,7-84H2,1-6H3,(H,99,100)(H,101,102)/t86?,87-,88-,89-/m1/s1. The normalized spacial score (nSPS) is 13.9. The Morgan fingerprint density at radius 1 is 0.259 bits per heavy atom. The molecule has 0 saturated carbocycles. The zero-order valence-corrected chi connectivity index (χ0v) is 75.8. The van der Waals surface area contributed by atoms with Crippen molar-refractivity contribution in [1.82, 2.24) is 0 Å². The Kier molecular flexibility index (Phi) is 82.6. The van der Waals surface area contributed by atoms with E-state index in [0.717, 1.165) is 102 Å². The summed E-state index contributed by atoms with van der Waals surface area (Å²) in [6, 6.07) is 0. The lowest BCUT2D eigenvalue weighted by Gasteiger charge is -2.21. The molecule has 3 N–H and O–H groups in total. The largest absolute Gasteiger partial charge is 0.472 e. The summed E-state index contributed by atoms with van der Waals surface area (Å²) in [6.07, 6.45) is 79.3. The molecule has 0 radical (unpaired) electrons. The first-order valence-electron chi connectivity index (χ1n) is 48.0. The number of aliphatic hydroxyl groups excluding tert-OH is 1. The van der Waals surface area contributed by atoms with Crippen LogP contribution in [0, 0.1) is 11.8 Å². The molecule has 0 aliphatic rings. The molecule has 0 amide bonds. The maximum Gasteiger partial charge on any atom is 0.472 e. The summed E-state index contributed by atoms with van der Waals surface area (Å²) < 4.78 is 69.1. The Labute approximate surface area is 689 Å². The van der Waals surface area contributed by atoms with Crippen molar-refractivity contribution in [3.63, 3.8) is 0 Å². The van der Waals surface area contributed by atoms with Gasteiger partial charge >= 0.3 is 39.5 Å². The molecular weight excluding hydrogens is 1450 g/mol. The molecule has 3 unspecified atom stereocenters. The first-order chi connectivity index (χ1) is 54.4. The Morgan fingerprint density at radius 3 is 0.679 bits per heavy atom. The molecule has 0 aromatic carbocycles. The second kappa shape index (κ2) is 84.1. The van der Waals surface area contributed by atoms with E-state index in [-0.39, 0.29) is 25.7 Å². The molecule has 0 saturated heterocycles. The van der Waals surface area contributed by atoms with Gasteiger partial charge in [0.25, 0.3) is 0 Å². The second-order valence-electron chi connectivity index (χ2n) is 34.1. The molecular formula is C93H182O17P2. The highest BCUT2D eigenvalue weighted by molar-refractivity contribution is 7.47. The molecule has 17 nitrogen and oxygen atoms in total. The number of rotatable bonds is 92. The molecule has 0 fully saturated rings. The number of carbonyl (C=O) groups is 4. The van der Waals surface area contributed by atoms with Gasteiger partial charge in [-0.3, -0.25) is 37.3 Å². The van der Waals surface area contributed by atoms with Crippen molar-refractivity contribution in [3.8, 4) is 0 Å². The van der Waals surface area contributed by atoms with Crippen molar-refractivity contribution in [2.75, 3.05) is 39.6 Å². The Bertz CT molecular complexity index is 2130. The third kappa shape index (κ3) is 84.5. The van der Waals surface area contributed by atoms with Crippen LogP contribution in [0.2, 0.25) is 0 Å². The highest BCUT2D eigenvalue weighted by Gasteiger charge is 2.31. The third-order valence-corrected chi connectivity index (χ3v) is 24.2. The first-order valence-corrected chi connectivity index (χ1v) is 51.0. The number of carbonyl (C=O) groups excluding carboxylic acids is 4. The van der Waals surface area contributed by atoms with Gasteiger partial charge in [-0.2, -0.15) is 0 Å². The number of hydrogen-bond donors (Lipinski definition) is 3. The lowest BCUT2D eigenvalue weighted by molar-refractivity contribution is -0.161. The van der Waals surface area contributed by atoms with Crippen LogP contribution in [-0.4, -0.2) is 96.7 Å². The van der Waals surface area contributed by atoms with Crippen LogP contribution in [-0.2, 0) is 65.4 Å². The highest BCUT2D eigenvalue weighted by Crippen LogP contribution is 2.45. The monoisotopic (exact) mass is 1630 g/mol. The summed E-state index contributed by atoms with van der Waals surface area (Å²) in [5.74, 6) is -0.479. The van der Waals surface area contributed by atoms with Gasteiger partial charge in [0.05, 0.1) is 26.4 Å². The van der Waals surface area contributed by atoms with Crippen LogP contribution >= 0.6 is 15.6 Å². The van der Waals surface area contributed by atoms with Gasteiger partial charge in [-0.1, -0.05) is 452 Å². The molecule has 0 aromatic heterocycles. The van der Waals surface area contributed by atoms with Gasteiger partial charge in [0.1, 0.15) is 19.3 Å². The Morgan fingerprint density at radius 2 is 0.455 bits per heavy atom. The van der Waals surface area contributed by atoms with Crippen LogP contribution in [0.1, 0.15) is 504 Å². The lowest BCUT2D eigenvalue weighted by atomic mass is 9.99. The van der Waals surface area contributed by atoms with E-state index in [1.54, 1.807) is 0 Å². The molecule has 19 heteroatoms. The smallest absolute Gasteiger partial charge is 0.462 e. The second-order valence-corrected chi connectivity index (χ2v) is 37.0. The van der Waals surface area contributed by atoms with Crippen molar-refractivity contribution in [3.05, 3.63) is 0 Å². The molecule has 0 bridgehead atoms. The summed E-state index contributed by atoms with van der Waals surface area (Å²) >= 11 is 0. The van der Waals surface area contributed by atoms with Crippen molar-refractivity contribution in [2.24, 2.45) is 11.8 Å². The number of phosphoric ester groups is 2. The molecule has 666 valence electrons. The highest BCUT2D eigenvalue weighted by atomic mass is 31.2. The van der Waals surface area contributed by atoms with Crippen LogP contribution < -0.4 is 0 Å². The van der Waals surface area contributed by atoms with E-state index >= 15 is 0 Å². The minimum Gasteiger partial charge on any atom is -0.462 e. The van der Waals surface area contributed by atoms with Crippen LogP contribution in [0.15, 0.2) is 0 Å². The summed E-state index contributed by atoms with van der Waals surface area (Å²) in [4.78, 5) is 73.5. The molecule has 6 atom stereocenters. The van der Waals surface area contributed by atoms with Gasteiger partial charge in [-0.05, 0) is 37.5 Å².